The monoisotopic (exact) mass is 226 g/mol. The van der Waals surface area contributed by atoms with Crippen molar-refractivity contribution >= 4 is 23.0 Å². The third-order valence-electron chi connectivity index (χ3n) is 1.90. The van der Waals surface area contributed by atoms with Crippen LogP contribution in [0.25, 0.3) is 0 Å². The molecule has 2 N–H and O–H groups in total. The van der Waals surface area contributed by atoms with Crippen molar-refractivity contribution in [2.45, 2.75) is 19.8 Å². The highest BCUT2D eigenvalue weighted by Gasteiger charge is 1.97. The summed E-state index contributed by atoms with van der Waals surface area (Å²) in [5.41, 5.74) is 0.670. The fraction of sp³-hybridized carbons (Fsp3) is 0.364. The van der Waals surface area contributed by atoms with Gasteiger partial charge in [-0.1, -0.05) is 19.4 Å². The van der Waals surface area contributed by atoms with Gasteiger partial charge in [-0.15, -0.1) is 0 Å². The third kappa shape index (κ3) is 4.74. The van der Waals surface area contributed by atoms with E-state index in [9.17, 15) is 4.39 Å². The molecule has 0 saturated heterocycles. The van der Waals surface area contributed by atoms with Crippen LogP contribution in [0.3, 0.4) is 0 Å². The largest absolute Gasteiger partial charge is 0.362 e. The number of unbranched alkanes of at least 4 members (excludes halogenated alkanes) is 1. The second-order valence-corrected chi connectivity index (χ2v) is 3.65. The number of thiocarbonyl (C=S) groups is 1. The first-order valence-electron chi connectivity index (χ1n) is 5.03. The molecule has 0 radical (unpaired) electrons. The van der Waals surface area contributed by atoms with Gasteiger partial charge in [0.2, 0.25) is 0 Å². The molecule has 0 spiro atoms. The molecule has 0 atom stereocenters. The van der Waals surface area contributed by atoms with E-state index in [1.54, 1.807) is 12.1 Å². The molecule has 0 amide bonds. The molecule has 1 aromatic rings. The van der Waals surface area contributed by atoms with E-state index in [1.807, 2.05) is 0 Å². The Hall–Kier alpha value is -1.16. The summed E-state index contributed by atoms with van der Waals surface area (Å²) in [4.78, 5) is 0. The zero-order valence-electron chi connectivity index (χ0n) is 8.72. The van der Waals surface area contributed by atoms with Crippen LogP contribution in [-0.2, 0) is 0 Å². The zero-order chi connectivity index (χ0) is 11.1. The molecule has 0 aliphatic rings. The van der Waals surface area contributed by atoms with E-state index in [4.69, 9.17) is 12.2 Å². The van der Waals surface area contributed by atoms with Crippen molar-refractivity contribution in [3.8, 4) is 0 Å². The van der Waals surface area contributed by atoms with Crippen molar-refractivity contribution in [3.05, 3.63) is 30.1 Å². The van der Waals surface area contributed by atoms with Crippen molar-refractivity contribution in [1.82, 2.24) is 5.32 Å². The summed E-state index contributed by atoms with van der Waals surface area (Å²) in [7, 11) is 0. The zero-order valence-corrected chi connectivity index (χ0v) is 9.53. The van der Waals surface area contributed by atoms with Gasteiger partial charge in [0, 0.05) is 12.2 Å². The highest BCUT2D eigenvalue weighted by Crippen LogP contribution is 2.08. The number of benzene rings is 1. The van der Waals surface area contributed by atoms with Gasteiger partial charge in [0.05, 0.1) is 0 Å². The van der Waals surface area contributed by atoms with Crippen LogP contribution < -0.4 is 10.6 Å². The smallest absolute Gasteiger partial charge is 0.170 e. The van der Waals surface area contributed by atoms with Crippen LogP contribution in [0, 0.1) is 5.82 Å². The second-order valence-electron chi connectivity index (χ2n) is 3.24. The lowest BCUT2D eigenvalue weighted by molar-refractivity contribution is 0.628. The van der Waals surface area contributed by atoms with Gasteiger partial charge in [-0.3, -0.25) is 0 Å². The van der Waals surface area contributed by atoms with Crippen LogP contribution in [0.1, 0.15) is 19.8 Å². The first kappa shape index (κ1) is 11.9. The summed E-state index contributed by atoms with van der Waals surface area (Å²) < 4.78 is 12.8. The summed E-state index contributed by atoms with van der Waals surface area (Å²) in [6.45, 7) is 2.96. The van der Waals surface area contributed by atoms with Gasteiger partial charge in [0.25, 0.3) is 0 Å². The first-order chi connectivity index (χ1) is 7.22. The molecule has 1 aromatic carbocycles. The van der Waals surface area contributed by atoms with Crippen molar-refractivity contribution in [1.29, 1.82) is 0 Å². The van der Waals surface area contributed by atoms with Crippen molar-refractivity contribution in [2.24, 2.45) is 0 Å². The van der Waals surface area contributed by atoms with Gasteiger partial charge in [-0.25, -0.2) is 4.39 Å². The van der Waals surface area contributed by atoms with Gasteiger partial charge in [-0.2, -0.15) is 0 Å². The Morgan fingerprint density at radius 2 is 2.27 bits per heavy atom. The van der Waals surface area contributed by atoms with Crippen molar-refractivity contribution in [3.63, 3.8) is 0 Å². The van der Waals surface area contributed by atoms with Gasteiger partial charge < -0.3 is 10.6 Å². The van der Waals surface area contributed by atoms with Crippen LogP contribution >= 0.6 is 12.2 Å². The molecule has 1 rings (SSSR count). The fourth-order valence-corrected chi connectivity index (χ4v) is 1.34. The Morgan fingerprint density at radius 1 is 1.47 bits per heavy atom. The highest BCUT2D eigenvalue weighted by atomic mass is 32.1. The molecule has 0 aliphatic heterocycles. The normalized spacial score (nSPS) is 9.73. The molecular formula is C11H15FN2S. The maximum atomic E-state index is 12.8. The summed E-state index contributed by atoms with van der Waals surface area (Å²) in [6, 6.07) is 6.23. The Bertz CT molecular complexity index is 328. The van der Waals surface area contributed by atoms with Gasteiger partial charge in [0.1, 0.15) is 5.82 Å². The second kappa shape index (κ2) is 6.35. The minimum atomic E-state index is -0.267. The molecule has 0 bridgehead atoms. The lowest BCUT2D eigenvalue weighted by Crippen LogP contribution is -2.29. The van der Waals surface area contributed by atoms with Gasteiger partial charge in [-0.05, 0) is 36.8 Å². The molecule has 0 aliphatic carbocycles. The number of rotatable bonds is 4. The van der Waals surface area contributed by atoms with Gasteiger partial charge in [0.15, 0.2) is 5.11 Å². The summed E-state index contributed by atoms with van der Waals surface area (Å²) in [5, 5.41) is 6.51. The molecule has 4 heteroatoms. The molecule has 15 heavy (non-hydrogen) atoms. The minimum absolute atomic E-state index is 0.267. The maximum absolute atomic E-state index is 12.8. The lowest BCUT2D eigenvalue weighted by atomic mass is 10.3. The fourth-order valence-electron chi connectivity index (χ4n) is 1.12. The van der Waals surface area contributed by atoms with Crippen molar-refractivity contribution in [2.75, 3.05) is 11.9 Å². The third-order valence-corrected chi connectivity index (χ3v) is 2.14. The molecule has 0 saturated carbocycles. The van der Waals surface area contributed by atoms with E-state index >= 15 is 0 Å². The van der Waals surface area contributed by atoms with E-state index in [-0.39, 0.29) is 5.82 Å². The van der Waals surface area contributed by atoms with Crippen LogP contribution in [-0.4, -0.2) is 11.7 Å². The van der Waals surface area contributed by atoms with E-state index in [1.165, 1.54) is 12.1 Å². The summed E-state index contributed by atoms with van der Waals surface area (Å²) >= 11 is 5.05. The van der Waals surface area contributed by atoms with Crippen LogP contribution in [0.4, 0.5) is 10.1 Å². The van der Waals surface area contributed by atoms with Crippen molar-refractivity contribution < 1.29 is 4.39 Å². The van der Waals surface area contributed by atoms with Crippen LogP contribution in [0.5, 0.6) is 0 Å². The van der Waals surface area contributed by atoms with Crippen LogP contribution in [0.15, 0.2) is 24.3 Å². The Labute approximate surface area is 94.9 Å². The highest BCUT2D eigenvalue weighted by molar-refractivity contribution is 7.80. The minimum Gasteiger partial charge on any atom is -0.362 e. The molecule has 0 heterocycles. The lowest BCUT2D eigenvalue weighted by Gasteiger charge is -2.09. The molecule has 0 aromatic heterocycles. The SMILES string of the molecule is CCCCNC(=S)Nc1cccc(F)c1. The number of anilines is 1. The quantitative estimate of drug-likeness (QED) is 0.610. The summed E-state index contributed by atoms with van der Waals surface area (Å²) in [6.07, 6.45) is 2.19. The molecular weight excluding hydrogens is 211 g/mol. The average molecular weight is 226 g/mol. The predicted molar refractivity (Wildman–Crippen MR) is 65.5 cm³/mol. The number of nitrogens with one attached hydrogen (secondary N) is 2. The molecule has 0 fully saturated rings. The predicted octanol–water partition coefficient (Wildman–Crippen LogP) is 2.91. The average Bonchev–Trinajstić information content (AvgIpc) is 2.18. The van der Waals surface area contributed by atoms with E-state index in [0.29, 0.717) is 10.8 Å². The van der Waals surface area contributed by atoms with E-state index in [2.05, 4.69) is 17.6 Å². The Morgan fingerprint density at radius 3 is 2.93 bits per heavy atom. The topological polar surface area (TPSA) is 24.1 Å². The van der Waals surface area contributed by atoms with E-state index in [0.717, 1.165) is 19.4 Å². The Kier molecular flexibility index (Phi) is 5.04. The molecule has 82 valence electrons. The standard InChI is InChI=1S/C11H15FN2S/c1-2-3-7-13-11(15)14-10-6-4-5-9(12)8-10/h4-6,8H,2-3,7H2,1H3,(H2,13,14,15). The summed E-state index contributed by atoms with van der Waals surface area (Å²) in [5.74, 6) is -0.267. The number of halogens is 1. The van der Waals surface area contributed by atoms with Crippen LogP contribution in [0.2, 0.25) is 0 Å². The number of hydrogen-bond donors (Lipinski definition) is 2. The first-order valence-corrected chi connectivity index (χ1v) is 5.43. The molecule has 0 unspecified atom stereocenters. The number of hydrogen-bond acceptors (Lipinski definition) is 1. The van der Waals surface area contributed by atoms with Gasteiger partial charge >= 0.3 is 0 Å². The van der Waals surface area contributed by atoms with E-state index < -0.39 is 0 Å². The maximum Gasteiger partial charge on any atom is 0.170 e. The Balaban J connectivity index is 2.37. The molecule has 2 nitrogen and oxygen atoms in total.